The Kier molecular flexibility index (Phi) is 6.54. The average molecular weight is 346 g/mol. The molecule has 0 fully saturated rings. The summed E-state index contributed by atoms with van der Waals surface area (Å²) >= 11 is 0. The zero-order chi connectivity index (χ0) is 17.6. The van der Waals surface area contributed by atoms with Crippen molar-refractivity contribution in [3.8, 4) is 11.1 Å². The molecular formula is C19H26N2O2S. The molecule has 2 aromatic rings. The van der Waals surface area contributed by atoms with Gasteiger partial charge in [0.15, 0.2) is 0 Å². The third-order valence-electron chi connectivity index (χ3n) is 4.04. The minimum Gasteiger partial charge on any atom is -0.326 e. The van der Waals surface area contributed by atoms with Gasteiger partial charge in [0.2, 0.25) is 10.0 Å². The lowest BCUT2D eigenvalue weighted by Gasteiger charge is -2.09. The number of sulfonamides is 1. The molecule has 0 aromatic heterocycles. The van der Waals surface area contributed by atoms with E-state index in [1.807, 2.05) is 12.1 Å². The van der Waals surface area contributed by atoms with Crippen LogP contribution < -0.4 is 10.5 Å². The van der Waals surface area contributed by atoms with Gasteiger partial charge >= 0.3 is 0 Å². The van der Waals surface area contributed by atoms with Crippen molar-refractivity contribution in [2.75, 3.05) is 6.54 Å². The predicted octanol–water partition coefficient (Wildman–Crippen LogP) is 3.07. The number of hydrogen-bond acceptors (Lipinski definition) is 3. The highest BCUT2D eigenvalue weighted by Crippen LogP contribution is 2.20. The number of nitrogens with two attached hydrogens (primary N) is 1. The SMILES string of the molecule is CC(C)S(=O)(=O)NCCCc1ccc(-c2ccc(CN)cc2)cc1. The normalized spacial score (nSPS) is 11.8. The first-order valence-electron chi connectivity index (χ1n) is 8.29. The summed E-state index contributed by atoms with van der Waals surface area (Å²) in [6.07, 6.45) is 1.64. The Bertz CT molecular complexity index is 736. The molecule has 24 heavy (non-hydrogen) atoms. The van der Waals surface area contributed by atoms with Crippen LogP contribution >= 0.6 is 0 Å². The number of benzene rings is 2. The van der Waals surface area contributed by atoms with E-state index in [4.69, 9.17) is 5.73 Å². The maximum Gasteiger partial charge on any atom is 0.213 e. The standard InChI is InChI=1S/C19H26N2O2S/c1-15(2)24(22,23)21-13-3-4-16-5-9-18(10-6-16)19-11-7-17(14-20)8-12-19/h5-12,15,21H,3-4,13-14,20H2,1-2H3. The largest absolute Gasteiger partial charge is 0.326 e. The zero-order valence-corrected chi connectivity index (χ0v) is 15.1. The fourth-order valence-electron chi connectivity index (χ4n) is 2.37. The fraction of sp³-hybridized carbons (Fsp3) is 0.368. The molecule has 0 spiro atoms. The van der Waals surface area contributed by atoms with Crippen molar-refractivity contribution in [3.05, 3.63) is 59.7 Å². The summed E-state index contributed by atoms with van der Waals surface area (Å²) in [6, 6.07) is 16.7. The van der Waals surface area contributed by atoms with E-state index in [0.717, 1.165) is 18.4 Å². The van der Waals surface area contributed by atoms with Crippen LogP contribution in [-0.4, -0.2) is 20.2 Å². The van der Waals surface area contributed by atoms with E-state index >= 15 is 0 Å². The van der Waals surface area contributed by atoms with Gasteiger partial charge in [0.1, 0.15) is 0 Å². The molecule has 0 amide bonds. The molecular weight excluding hydrogens is 320 g/mol. The highest BCUT2D eigenvalue weighted by atomic mass is 32.2. The lowest BCUT2D eigenvalue weighted by Crippen LogP contribution is -2.31. The van der Waals surface area contributed by atoms with E-state index in [-0.39, 0.29) is 5.25 Å². The third kappa shape index (κ3) is 5.16. The second-order valence-corrected chi connectivity index (χ2v) is 8.51. The first kappa shape index (κ1) is 18.6. The molecule has 5 heteroatoms. The van der Waals surface area contributed by atoms with Gasteiger partial charge in [-0.25, -0.2) is 13.1 Å². The summed E-state index contributed by atoms with van der Waals surface area (Å²) in [6.45, 7) is 4.39. The molecule has 0 saturated carbocycles. The number of aryl methyl sites for hydroxylation is 1. The Hall–Kier alpha value is -1.69. The number of hydrogen-bond donors (Lipinski definition) is 2. The second-order valence-electron chi connectivity index (χ2n) is 6.19. The van der Waals surface area contributed by atoms with E-state index in [1.165, 1.54) is 16.7 Å². The highest BCUT2D eigenvalue weighted by Gasteiger charge is 2.13. The van der Waals surface area contributed by atoms with Gasteiger partial charge in [0, 0.05) is 13.1 Å². The summed E-state index contributed by atoms with van der Waals surface area (Å²) < 4.78 is 26.0. The van der Waals surface area contributed by atoms with Crippen molar-refractivity contribution in [2.24, 2.45) is 5.73 Å². The lowest BCUT2D eigenvalue weighted by atomic mass is 10.0. The van der Waals surface area contributed by atoms with Crippen molar-refractivity contribution >= 4 is 10.0 Å². The Morgan fingerprint density at radius 1 is 0.917 bits per heavy atom. The lowest BCUT2D eigenvalue weighted by molar-refractivity contribution is 0.570. The predicted molar refractivity (Wildman–Crippen MR) is 100 cm³/mol. The van der Waals surface area contributed by atoms with E-state index in [0.29, 0.717) is 13.1 Å². The Balaban J connectivity index is 1.88. The van der Waals surface area contributed by atoms with Crippen LogP contribution in [-0.2, 0) is 23.0 Å². The van der Waals surface area contributed by atoms with Gasteiger partial charge in [-0.2, -0.15) is 0 Å². The summed E-state index contributed by atoms with van der Waals surface area (Å²) in [7, 11) is -3.16. The van der Waals surface area contributed by atoms with E-state index in [9.17, 15) is 8.42 Å². The van der Waals surface area contributed by atoms with Crippen molar-refractivity contribution in [1.82, 2.24) is 4.72 Å². The number of nitrogens with one attached hydrogen (secondary N) is 1. The Labute approximate surface area is 145 Å². The molecule has 0 radical (unpaired) electrons. The molecule has 3 N–H and O–H groups in total. The molecule has 130 valence electrons. The molecule has 0 aliphatic carbocycles. The Morgan fingerprint density at radius 3 is 1.88 bits per heavy atom. The second kappa shape index (κ2) is 8.42. The Morgan fingerprint density at radius 2 is 1.42 bits per heavy atom. The van der Waals surface area contributed by atoms with E-state index in [2.05, 4.69) is 41.1 Å². The average Bonchev–Trinajstić information content (AvgIpc) is 2.59. The molecule has 2 aromatic carbocycles. The minimum atomic E-state index is -3.16. The maximum atomic E-state index is 11.7. The van der Waals surface area contributed by atoms with Crippen molar-refractivity contribution in [1.29, 1.82) is 0 Å². The molecule has 0 heterocycles. The van der Waals surface area contributed by atoms with Gasteiger partial charge < -0.3 is 5.73 Å². The van der Waals surface area contributed by atoms with Crippen LogP contribution in [0.2, 0.25) is 0 Å². The monoisotopic (exact) mass is 346 g/mol. The molecule has 0 aliphatic heterocycles. The van der Waals surface area contributed by atoms with E-state index in [1.54, 1.807) is 13.8 Å². The van der Waals surface area contributed by atoms with Crippen LogP contribution in [0.5, 0.6) is 0 Å². The van der Waals surface area contributed by atoms with Gasteiger partial charge in [-0.15, -0.1) is 0 Å². The van der Waals surface area contributed by atoms with Crippen molar-refractivity contribution < 1.29 is 8.42 Å². The fourth-order valence-corrected chi connectivity index (χ4v) is 3.13. The van der Waals surface area contributed by atoms with Crippen LogP contribution in [0.25, 0.3) is 11.1 Å². The van der Waals surface area contributed by atoms with Crippen molar-refractivity contribution in [3.63, 3.8) is 0 Å². The smallest absolute Gasteiger partial charge is 0.213 e. The molecule has 0 unspecified atom stereocenters. The van der Waals surface area contributed by atoms with E-state index < -0.39 is 10.0 Å². The minimum absolute atomic E-state index is 0.387. The summed E-state index contributed by atoms with van der Waals surface area (Å²) in [5.74, 6) is 0. The van der Waals surface area contributed by atoms with Gasteiger partial charge in [-0.1, -0.05) is 48.5 Å². The summed E-state index contributed by atoms with van der Waals surface area (Å²) in [5.41, 5.74) is 10.3. The van der Waals surface area contributed by atoms with Crippen LogP contribution in [0.4, 0.5) is 0 Å². The molecule has 0 atom stereocenters. The highest BCUT2D eigenvalue weighted by molar-refractivity contribution is 7.90. The molecule has 2 rings (SSSR count). The molecule has 0 aliphatic rings. The first-order chi connectivity index (χ1) is 11.4. The van der Waals surface area contributed by atoms with Gasteiger partial charge in [-0.3, -0.25) is 0 Å². The van der Waals surface area contributed by atoms with Gasteiger partial charge in [0.05, 0.1) is 5.25 Å². The van der Waals surface area contributed by atoms with Crippen molar-refractivity contribution in [2.45, 2.75) is 38.5 Å². The first-order valence-corrected chi connectivity index (χ1v) is 9.84. The number of rotatable bonds is 8. The maximum absolute atomic E-state index is 11.7. The van der Waals surface area contributed by atoms with Gasteiger partial charge in [-0.05, 0) is 48.9 Å². The van der Waals surface area contributed by atoms with Crippen LogP contribution in [0.3, 0.4) is 0 Å². The summed E-state index contributed by atoms with van der Waals surface area (Å²) in [4.78, 5) is 0. The summed E-state index contributed by atoms with van der Waals surface area (Å²) in [5, 5.41) is -0.387. The molecule has 0 saturated heterocycles. The third-order valence-corrected chi connectivity index (χ3v) is 5.89. The van der Waals surface area contributed by atoms with Crippen LogP contribution in [0, 0.1) is 0 Å². The van der Waals surface area contributed by atoms with Crippen LogP contribution in [0.15, 0.2) is 48.5 Å². The van der Waals surface area contributed by atoms with Gasteiger partial charge in [0.25, 0.3) is 0 Å². The molecule has 0 bridgehead atoms. The topological polar surface area (TPSA) is 72.2 Å². The van der Waals surface area contributed by atoms with Crippen LogP contribution in [0.1, 0.15) is 31.4 Å². The zero-order valence-electron chi connectivity index (χ0n) is 14.3. The quantitative estimate of drug-likeness (QED) is 0.722. The molecule has 4 nitrogen and oxygen atoms in total.